The van der Waals surface area contributed by atoms with Crippen molar-refractivity contribution in [3.63, 3.8) is 0 Å². The van der Waals surface area contributed by atoms with Crippen LogP contribution in [0, 0.1) is 0 Å². The number of carbonyl (C=O) groups excluding carboxylic acids is 1. The van der Waals surface area contributed by atoms with Gasteiger partial charge < -0.3 is 18.6 Å². The van der Waals surface area contributed by atoms with Crippen molar-refractivity contribution >= 4 is 21.7 Å². The Morgan fingerprint density at radius 3 is 2.69 bits per heavy atom. The number of hydrogen-bond acceptors (Lipinski definition) is 9. The molecule has 1 N–H and O–H groups in total. The Balaban J connectivity index is 1.36. The van der Waals surface area contributed by atoms with Gasteiger partial charge in [0.15, 0.2) is 11.5 Å². The predicted molar refractivity (Wildman–Crippen MR) is 124 cm³/mol. The zero-order chi connectivity index (χ0) is 24.4. The number of nitrogens with zero attached hydrogens (tertiary/aromatic N) is 2. The van der Waals surface area contributed by atoms with Gasteiger partial charge in [-0.05, 0) is 48.0 Å². The minimum Gasteiger partial charge on any atom is -0.465 e. The third kappa shape index (κ3) is 4.66. The van der Waals surface area contributed by atoms with Crippen LogP contribution in [0.1, 0.15) is 21.8 Å². The highest BCUT2D eigenvalue weighted by atomic mass is 32.2. The minimum absolute atomic E-state index is 0.0660. The molecular formula is C24H19N3O7S. The molecule has 10 nitrogen and oxygen atoms in total. The Morgan fingerprint density at radius 1 is 1.00 bits per heavy atom. The number of ether oxygens (including phenoxy) is 3. The van der Waals surface area contributed by atoms with Gasteiger partial charge in [-0.25, -0.2) is 13.2 Å². The number of rotatable bonds is 7. The fraction of sp³-hybridized carbons (Fsp3) is 0.125. The van der Waals surface area contributed by atoms with Crippen molar-refractivity contribution < 1.29 is 31.8 Å². The molecule has 1 aliphatic rings. The molecule has 35 heavy (non-hydrogen) atoms. The first kappa shape index (κ1) is 22.4. The number of aromatic nitrogens is 2. The minimum atomic E-state index is -4.08. The lowest BCUT2D eigenvalue weighted by molar-refractivity contribution is 0.0596. The number of fused-ring (bicyclic) bond motifs is 1. The van der Waals surface area contributed by atoms with Gasteiger partial charge in [0.2, 0.25) is 18.6 Å². The van der Waals surface area contributed by atoms with Crippen LogP contribution in [0.2, 0.25) is 0 Å². The SMILES string of the molecule is COC(=O)c1ccccc1S(=O)(=O)Nc1cccc(-c2nnc(Cc3ccc4c(c3)OCO4)o2)c1. The summed E-state index contributed by atoms with van der Waals surface area (Å²) in [5, 5.41) is 8.18. The zero-order valence-electron chi connectivity index (χ0n) is 18.4. The van der Waals surface area contributed by atoms with E-state index in [2.05, 4.69) is 14.9 Å². The maximum Gasteiger partial charge on any atom is 0.339 e. The summed E-state index contributed by atoms with van der Waals surface area (Å²) in [6.07, 6.45) is 0.389. The molecule has 178 valence electrons. The van der Waals surface area contributed by atoms with E-state index in [0.717, 1.165) is 5.56 Å². The second-order valence-electron chi connectivity index (χ2n) is 7.54. The van der Waals surface area contributed by atoms with E-state index in [1.807, 2.05) is 18.2 Å². The molecular weight excluding hydrogens is 474 g/mol. The van der Waals surface area contributed by atoms with Crippen molar-refractivity contribution in [3.8, 4) is 23.0 Å². The summed E-state index contributed by atoms with van der Waals surface area (Å²) >= 11 is 0. The smallest absolute Gasteiger partial charge is 0.339 e. The summed E-state index contributed by atoms with van der Waals surface area (Å²) < 4.78 is 49.7. The maximum absolute atomic E-state index is 13.0. The van der Waals surface area contributed by atoms with Crippen LogP contribution in [0.25, 0.3) is 11.5 Å². The van der Waals surface area contributed by atoms with Crippen LogP contribution in [0.5, 0.6) is 11.5 Å². The van der Waals surface area contributed by atoms with Gasteiger partial charge in [-0.2, -0.15) is 0 Å². The first-order chi connectivity index (χ1) is 16.9. The van der Waals surface area contributed by atoms with E-state index >= 15 is 0 Å². The van der Waals surface area contributed by atoms with Gasteiger partial charge in [0.05, 0.1) is 19.1 Å². The average molecular weight is 493 g/mol. The van der Waals surface area contributed by atoms with Crippen LogP contribution in [-0.2, 0) is 21.2 Å². The molecule has 5 rings (SSSR count). The third-order valence-corrected chi connectivity index (χ3v) is 6.64. The lowest BCUT2D eigenvalue weighted by Crippen LogP contribution is -2.17. The van der Waals surface area contributed by atoms with Crippen LogP contribution >= 0.6 is 0 Å². The topological polar surface area (TPSA) is 130 Å². The molecule has 0 saturated heterocycles. The zero-order valence-corrected chi connectivity index (χ0v) is 19.2. The van der Waals surface area contributed by atoms with Crippen molar-refractivity contribution in [2.24, 2.45) is 0 Å². The van der Waals surface area contributed by atoms with Gasteiger partial charge >= 0.3 is 5.97 Å². The fourth-order valence-electron chi connectivity index (χ4n) is 3.57. The average Bonchev–Trinajstić information content (AvgIpc) is 3.53. The highest BCUT2D eigenvalue weighted by molar-refractivity contribution is 7.92. The summed E-state index contributed by atoms with van der Waals surface area (Å²) in [5.74, 6) is 1.22. The van der Waals surface area contributed by atoms with E-state index < -0.39 is 16.0 Å². The number of hydrogen-bond donors (Lipinski definition) is 1. The largest absolute Gasteiger partial charge is 0.465 e. The number of nitrogens with one attached hydrogen (secondary N) is 1. The number of esters is 1. The van der Waals surface area contributed by atoms with Gasteiger partial charge in [-0.3, -0.25) is 4.72 Å². The molecule has 0 aliphatic carbocycles. The highest BCUT2D eigenvalue weighted by Gasteiger charge is 2.23. The molecule has 2 heterocycles. The molecule has 11 heteroatoms. The monoisotopic (exact) mass is 493 g/mol. The van der Waals surface area contributed by atoms with E-state index in [1.165, 1.54) is 25.3 Å². The van der Waals surface area contributed by atoms with Crippen molar-refractivity contribution in [3.05, 3.63) is 83.7 Å². The molecule has 0 bridgehead atoms. The van der Waals surface area contributed by atoms with Crippen molar-refractivity contribution in [1.82, 2.24) is 10.2 Å². The normalized spacial score (nSPS) is 12.4. The highest BCUT2D eigenvalue weighted by Crippen LogP contribution is 2.33. The Morgan fingerprint density at radius 2 is 1.83 bits per heavy atom. The fourth-order valence-corrected chi connectivity index (χ4v) is 4.82. The molecule has 0 unspecified atom stereocenters. The van der Waals surface area contributed by atoms with Crippen molar-refractivity contribution in [2.45, 2.75) is 11.3 Å². The number of anilines is 1. The summed E-state index contributed by atoms with van der Waals surface area (Å²) in [5.41, 5.74) is 1.63. The van der Waals surface area contributed by atoms with Gasteiger partial charge in [0, 0.05) is 11.3 Å². The van der Waals surface area contributed by atoms with E-state index in [0.29, 0.717) is 29.4 Å². The maximum atomic E-state index is 13.0. The molecule has 0 amide bonds. The van der Waals surface area contributed by atoms with Crippen molar-refractivity contribution in [2.75, 3.05) is 18.6 Å². The van der Waals surface area contributed by atoms with E-state index in [9.17, 15) is 13.2 Å². The standard InChI is InChI=1S/C24H19N3O7S/c1-31-24(28)18-7-2-3-8-21(18)35(29,30)27-17-6-4-5-16(13-17)23-26-25-22(34-23)12-15-9-10-19-20(11-15)33-14-32-19/h2-11,13,27H,12,14H2,1H3. The van der Waals surface area contributed by atoms with E-state index in [1.54, 1.807) is 30.3 Å². The number of carbonyl (C=O) groups is 1. The number of methoxy groups -OCH3 is 1. The summed E-state index contributed by atoms with van der Waals surface area (Å²) in [6, 6.07) is 17.9. The quantitative estimate of drug-likeness (QED) is 0.383. The molecule has 0 fully saturated rings. The Kier molecular flexibility index (Phi) is 5.83. The summed E-state index contributed by atoms with van der Waals surface area (Å²) in [6.45, 7) is 0.192. The Labute approximate surface area is 200 Å². The van der Waals surface area contributed by atoms with Crippen molar-refractivity contribution in [1.29, 1.82) is 0 Å². The second-order valence-corrected chi connectivity index (χ2v) is 9.19. The lowest BCUT2D eigenvalue weighted by Gasteiger charge is -2.11. The molecule has 1 aliphatic heterocycles. The van der Waals surface area contributed by atoms with E-state index in [4.69, 9.17) is 18.6 Å². The summed E-state index contributed by atoms with van der Waals surface area (Å²) in [4.78, 5) is 11.8. The van der Waals surface area contributed by atoms with Crippen LogP contribution in [0.4, 0.5) is 5.69 Å². The third-order valence-electron chi connectivity index (χ3n) is 5.20. The van der Waals surface area contributed by atoms with Crippen LogP contribution in [0.3, 0.4) is 0 Å². The van der Waals surface area contributed by atoms with Gasteiger partial charge in [-0.1, -0.05) is 24.3 Å². The first-order valence-electron chi connectivity index (χ1n) is 10.4. The second kappa shape index (κ2) is 9.11. The van der Waals surface area contributed by atoms with Gasteiger partial charge in [0.25, 0.3) is 10.0 Å². The molecule has 0 saturated carbocycles. The lowest BCUT2D eigenvalue weighted by atomic mass is 10.1. The number of sulfonamides is 1. The molecule has 0 atom stereocenters. The Bertz CT molecular complexity index is 1520. The van der Waals surface area contributed by atoms with Gasteiger partial charge in [0.1, 0.15) is 4.90 Å². The molecule has 4 aromatic rings. The first-order valence-corrected chi connectivity index (χ1v) is 11.9. The predicted octanol–water partition coefficient (Wildman–Crippen LogP) is 3.64. The molecule has 0 spiro atoms. The summed E-state index contributed by atoms with van der Waals surface area (Å²) in [7, 11) is -2.89. The molecule has 1 aromatic heterocycles. The van der Waals surface area contributed by atoms with Crippen LogP contribution in [-0.4, -0.2) is 38.5 Å². The van der Waals surface area contributed by atoms with Crippen LogP contribution < -0.4 is 14.2 Å². The molecule has 3 aromatic carbocycles. The van der Waals surface area contributed by atoms with Gasteiger partial charge in [-0.15, -0.1) is 10.2 Å². The van der Waals surface area contributed by atoms with Crippen LogP contribution in [0.15, 0.2) is 76.0 Å². The molecule has 0 radical (unpaired) electrons. The number of benzene rings is 3. The van der Waals surface area contributed by atoms with E-state index in [-0.39, 0.29) is 28.8 Å². The Hall–Kier alpha value is -4.38.